The largest absolute Gasteiger partial charge is 0.309 e. The van der Waals surface area contributed by atoms with Crippen LogP contribution in [0.15, 0.2) is 158 Å². The molecule has 0 saturated carbocycles. The Morgan fingerprint density at radius 3 is 1.67 bits per heavy atom. The summed E-state index contributed by atoms with van der Waals surface area (Å²) in [4.78, 5) is 0. The third kappa shape index (κ3) is 4.14. The van der Waals surface area contributed by atoms with Crippen LogP contribution in [-0.2, 0) is 0 Å². The molecule has 0 radical (unpaired) electrons. The highest BCUT2D eigenvalue weighted by molar-refractivity contribution is 6.11. The SMILES string of the molecule is N#Cc1ccc(-n2c3ccccc3c3ccccc32)c(-c2cccc(-c3ccc(-n4c5ccccc5c5cccc(C#N)c54)cc3)c2)c1. The van der Waals surface area contributed by atoms with Crippen LogP contribution in [0.1, 0.15) is 11.1 Å². The van der Waals surface area contributed by atoms with Gasteiger partial charge in [-0.05, 0) is 77.4 Å². The van der Waals surface area contributed by atoms with E-state index in [-0.39, 0.29) is 0 Å². The van der Waals surface area contributed by atoms with Gasteiger partial charge in [0.2, 0.25) is 0 Å². The fourth-order valence-electron chi connectivity index (χ4n) is 7.26. The van der Waals surface area contributed by atoms with Crippen molar-refractivity contribution < 1.29 is 0 Å². The number of para-hydroxylation sites is 4. The molecule has 0 aliphatic heterocycles. The summed E-state index contributed by atoms with van der Waals surface area (Å²) in [6, 6.07) is 59.0. The average Bonchev–Trinajstić information content (AvgIpc) is 3.68. The number of rotatable bonds is 4. The van der Waals surface area contributed by atoms with E-state index in [9.17, 15) is 10.5 Å². The molecule has 0 fully saturated rings. The number of aromatic nitrogens is 2. The van der Waals surface area contributed by atoms with Gasteiger partial charge in [-0.15, -0.1) is 0 Å². The third-order valence-electron chi connectivity index (χ3n) is 9.39. The lowest BCUT2D eigenvalue weighted by molar-refractivity contribution is 1.18. The van der Waals surface area contributed by atoms with Gasteiger partial charge < -0.3 is 9.13 Å². The first-order chi connectivity index (χ1) is 23.7. The second-order valence-electron chi connectivity index (χ2n) is 12.0. The van der Waals surface area contributed by atoms with Crippen molar-refractivity contribution in [1.29, 1.82) is 10.5 Å². The van der Waals surface area contributed by atoms with Crippen LogP contribution in [0.3, 0.4) is 0 Å². The molecule has 9 aromatic rings. The molecule has 222 valence electrons. The molecular formula is C44H26N4. The van der Waals surface area contributed by atoms with E-state index in [1.165, 1.54) is 10.8 Å². The van der Waals surface area contributed by atoms with E-state index in [2.05, 4.69) is 143 Å². The van der Waals surface area contributed by atoms with Crippen molar-refractivity contribution in [2.45, 2.75) is 0 Å². The van der Waals surface area contributed by atoms with Crippen molar-refractivity contribution in [3.63, 3.8) is 0 Å². The summed E-state index contributed by atoms with van der Waals surface area (Å²) in [6.07, 6.45) is 0. The van der Waals surface area contributed by atoms with Crippen molar-refractivity contribution in [2.75, 3.05) is 0 Å². The molecule has 48 heavy (non-hydrogen) atoms. The van der Waals surface area contributed by atoms with E-state index in [1.807, 2.05) is 36.4 Å². The summed E-state index contributed by atoms with van der Waals surface area (Å²) in [5, 5.41) is 24.5. The minimum absolute atomic E-state index is 0.618. The molecule has 0 amide bonds. The maximum absolute atomic E-state index is 9.98. The minimum Gasteiger partial charge on any atom is -0.309 e. The molecule has 0 spiro atoms. The summed E-state index contributed by atoms with van der Waals surface area (Å²) in [5.74, 6) is 0. The first kappa shape index (κ1) is 27.4. The number of hydrogen-bond acceptors (Lipinski definition) is 2. The van der Waals surface area contributed by atoms with Crippen LogP contribution in [0.5, 0.6) is 0 Å². The van der Waals surface area contributed by atoms with Crippen molar-refractivity contribution in [3.05, 3.63) is 169 Å². The monoisotopic (exact) mass is 610 g/mol. The topological polar surface area (TPSA) is 57.4 Å². The van der Waals surface area contributed by atoms with Crippen LogP contribution >= 0.6 is 0 Å². The number of nitriles is 2. The van der Waals surface area contributed by atoms with Crippen LogP contribution in [0.25, 0.3) is 77.2 Å². The Morgan fingerprint density at radius 1 is 0.417 bits per heavy atom. The Balaban J connectivity index is 1.18. The van der Waals surface area contributed by atoms with Crippen molar-refractivity contribution in [3.8, 4) is 45.8 Å². The van der Waals surface area contributed by atoms with Gasteiger partial charge >= 0.3 is 0 Å². The normalized spacial score (nSPS) is 11.3. The van der Waals surface area contributed by atoms with Gasteiger partial charge in [0.25, 0.3) is 0 Å². The number of benzene rings is 7. The number of fused-ring (bicyclic) bond motifs is 6. The van der Waals surface area contributed by atoms with Crippen LogP contribution in [0.2, 0.25) is 0 Å². The summed E-state index contributed by atoms with van der Waals surface area (Å²) >= 11 is 0. The zero-order valence-electron chi connectivity index (χ0n) is 25.8. The predicted molar refractivity (Wildman–Crippen MR) is 195 cm³/mol. The van der Waals surface area contributed by atoms with Crippen LogP contribution < -0.4 is 0 Å². The van der Waals surface area contributed by atoms with Gasteiger partial charge in [-0.2, -0.15) is 10.5 Å². The van der Waals surface area contributed by atoms with Crippen LogP contribution in [0.4, 0.5) is 0 Å². The van der Waals surface area contributed by atoms with Gasteiger partial charge in [-0.25, -0.2) is 0 Å². The highest BCUT2D eigenvalue weighted by Crippen LogP contribution is 2.38. The molecule has 0 saturated heterocycles. The Morgan fingerprint density at radius 2 is 1.00 bits per heavy atom. The lowest BCUT2D eigenvalue weighted by atomic mass is 9.96. The average molecular weight is 611 g/mol. The van der Waals surface area contributed by atoms with Crippen molar-refractivity contribution in [2.24, 2.45) is 0 Å². The standard InChI is InChI=1S/C44H26N4/c45-27-29-19-24-43(48-41-17-5-1-12-35(41)36-13-2-6-18-42(36)48)39(25-29)32-10-7-9-31(26-32)30-20-22-34(23-21-30)47-40-16-4-3-14-37(40)38-15-8-11-33(28-46)44(38)47/h1-26H. The van der Waals surface area contributed by atoms with Crippen molar-refractivity contribution >= 4 is 43.6 Å². The van der Waals surface area contributed by atoms with Crippen LogP contribution in [-0.4, -0.2) is 9.13 Å². The molecule has 9 rings (SSSR count). The third-order valence-corrected chi connectivity index (χ3v) is 9.39. The molecule has 0 unspecified atom stereocenters. The van der Waals surface area contributed by atoms with Gasteiger partial charge in [-0.1, -0.05) is 97.1 Å². The predicted octanol–water partition coefficient (Wildman–Crippen LogP) is 11.0. The Kier molecular flexibility index (Phi) is 6.22. The summed E-state index contributed by atoms with van der Waals surface area (Å²) in [5.41, 5.74) is 11.7. The fraction of sp³-hybridized carbons (Fsp3) is 0. The lowest BCUT2D eigenvalue weighted by Gasteiger charge is -2.15. The molecule has 0 bridgehead atoms. The number of hydrogen-bond donors (Lipinski definition) is 0. The van der Waals surface area contributed by atoms with E-state index in [4.69, 9.17) is 0 Å². The molecule has 4 heteroatoms. The first-order valence-corrected chi connectivity index (χ1v) is 15.9. The van der Waals surface area contributed by atoms with E-state index in [0.717, 1.165) is 66.5 Å². The van der Waals surface area contributed by atoms with Gasteiger partial charge in [0.05, 0.1) is 45.0 Å². The Bertz CT molecular complexity index is 2750. The Labute approximate surface area is 277 Å². The Hall–Kier alpha value is -6.88. The van der Waals surface area contributed by atoms with Gasteiger partial charge in [0.1, 0.15) is 6.07 Å². The summed E-state index contributed by atoms with van der Waals surface area (Å²) in [7, 11) is 0. The van der Waals surface area contributed by atoms with Crippen LogP contribution in [0, 0.1) is 22.7 Å². The molecular weight excluding hydrogens is 585 g/mol. The highest BCUT2D eigenvalue weighted by atomic mass is 15.0. The van der Waals surface area contributed by atoms with Gasteiger partial charge in [0.15, 0.2) is 0 Å². The van der Waals surface area contributed by atoms with E-state index in [1.54, 1.807) is 0 Å². The maximum atomic E-state index is 9.98. The molecule has 0 aliphatic carbocycles. The second-order valence-corrected chi connectivity index (χ2v) is 12.0. The van der Waals surface area contributed by atoms with E-state index in [0.29, 0.717) is 11.1 Å². The maximum Gasteiger partial charge on any atom is 0.101 e. The smallest absolute Gasteiger partial charge is 0.101 e. The summed E-state index contributed by atoms with van der Waals surface area (Å²) in [6.45, 7) is 0. The first-order valence-electron chi connectivity index (χ1n) is 15.9. The highest BCUT2D eigenvalue weighted by Gasteiger charge is 2.18. The lowest BCUT2D eigenvalue weighted by Crippen LogP contribution is -1.98. The van der Waals surface area contributed by atoms with Crippen molar-refractivity contribution in [1.82, 2.24) is 9.13 Å². The molecule has 2 heterocycles. The van der Waals surface area contributed by atoms with Gasteiger partial charge in [0, 0.05) is 32.8 Å². The molecule has 0 N–H and O–H groups in total. The minimum atomic E-state index is 0.618. The molecule has 0 atom stereocenters. The van der Waals surface area contributed by atoms with E-state index >= 15 is 0 Å². The molecule has 2 aromatic heterocycles. The quantitative estimate of drug-likeness (QED) is 0.199. The van der Waals surface area contributed by atoms with Gasteiger partial charge in [-0.3, -0.25) is 0 Å². The molecule has 0 aliphatic rings. The zero-order valence-corrected chi connectivity index (χ0v) is 25.8. The fourth-order valence-corrected chi connectivity index (χ4v) is 7.26. The zero-order chi connectivity index (χ0) is 32.2. The molecule has 4 nitrogen and oxygen atoms in total. The summed E-state index contributed by atoms with van der Waals surface area (Å²) < 4.78 is 4.50. The number of nitrogens with zero attached hydrogens (tertiary/aromatic N) is 4. The van der Waals surface area contributed by atoms with E-state index < -0.39 is 0 Å². The molecule has 7 aromatic carbocycles. The second kappa shape index (κ2) is 10.9.